The fourth-order valence-corrected chi connectivity index (χ4v) is 7.89. The zero-order valence-electron chi connectivity index (χ0n) is 17.9. The number of methoxy groups -OCH3 is 2. The van der Waals surface area contributed by atoms with E-state index in [1.165, 1.54) is 22.8 Å². The number of thiophene rings is 1. The number of benzene rings is 1. The van der Waals surface area contributed by atoms with E-state index in [9.17, 15) is 13.2 Å². The van der Waals surface area contributed by atoms with E-state index < -0.39 is 16.0 Å². The highest BCUT2D eigenvalue weighted by atomic mass is 32.2. The molecule has 0 N–H and O–H groups in total. The molecule has 2 aliphatic heterocycles. The number of fused-ring (bicyclic) bond motifs is 1. The van der Waals surface area contributed by atoms with Crippen LogP contribution in [-0.2, 0) is 34.3 Å². The number of esters is 1. The minimum atomic E-state index is -3.71. The summed E-state index contributed by atoms with van der Waals surface area (Å²) in [4.78, 5) is 15.8. The van der Waals surface area contributed by atoms with E-state index >= 15 is 0 Å². The number of nitrogens with zero attached hydrogens (tertiary/aromatic N) is 2. The molecule has 1 aromatic carbocycles. The molecule has 3 heterocycles. The molecule has 1 saturated heterocycles. The van der Waals surface area contributed by atoms with Crippen LogP contribution in [-0.4, -0.2) is 57.4 Å². The topological polar surface area (TPSA) is 76.2 Å². The molecule has 31 heavy (non-hydrogen) atoms. The van der Waals surface area contributed by atoms with Crippen LogP contribution in [0.4, 0.5) is 0 Å². The molecule has 1 fully saturated rings. The van der Waals surface area contributed by atoms with Gasteiger partial charge in [0.05, 0.1) is 19.8 Å². The largest absolute Gasteiger partial charge is 0.497 e. The molecule has 0 atom stereocenters. The number of sulfonamides is 1. The summed E-state index contributed by atoms with van der Waals surface area (Å²) >= 11 is 1.23. The molecule has 2 aromatic rings. The molecule has 4 rings (SSSR count). The van der Waals surface area contributed by atoms with Gasteiger partial charge in [-0.05, 0) is 42.5 Å². The number of carbonyl (C=O) groups is 1. The first-order valence-electron chi connectivity index (χ1n) is 10.5. The molecular formula is C22H28N2O5S2. The first-order chi connectivity index (χ1) is 14.9. The summed E-state index contributed by atoms with van der Waals surface area (Å²) in [5.74, 6) is 0.253. The van der Waals surface area contributed by atoms with Crippen LogP contribution in [0.3, 0.4) is 0 Å². The third kappa shape index (κ3) is 4.50. The van der Waals surface area contributed by atoms with E-state index in [2.05, 4.69) is 11.0 Å². The first kappa shape index (κ1) is 22.3. The van der Waals surface area contributed by atoms with E-state index in [-0.39, 0.29) is 9.77 Å². The van der Waals surface area contributed by atoms with Crippen LogP contribution in [0.5, 0.6) is 5.75 Å². The van der Waals surface area contributed by atoms with Crippen molar-refractivity contribution in [2.24, 2.45) is 0 Å². The monoisotopic (exact) mass is 464 g/mol. The number of carbonyl (C=O) groups excluding carboxylic acids is 1. The molecule has 0 bridgehead atoms. The number of ether oxygens (including phenoxy) is 2. The molecule has 0 spiro atoms. The van der Waals surface area contributed by atoms with Crippen molar-refractivity contribution < 1.29 is 22.7 Å². The van der Waals surface area contributed by atoms with Gasteiger partial charge in [0.1, 0.15) is 9.96 Å². The smallest absolute Gasteiger partial charge is 0.340 e. The minimum Gasteiger partial charge on any atom is -0.497 e. The lowest BCUT2D eigenvalue weighted by Crippen LogP contribution is -2.36. The third-order valence-corrected chi connectivity index (χ3v) is 9.53. The third-order valence-electron chi connectivity index (χ3n) is 5.92. The average Bonchev–Trinajstić information content (AvgIpc) is 3.19. The van der Waals surface area contributed by atoms with Crippen LogP contribution >= 0.6 is 11.3 Å². The van der Waals surface area contributed by atoms with Gasteiger partial charge in [-0.3, -0.25) is 4.90 Å². The van der Waals surface area contributed by atoms with Gasteiger partial charge in [0, 0.05) is 37.6 Å². The summed E-state index contributed by atoms with van der Waals surface area (Å²) < 4.78 is 38.8. The van der Waals surface area contributed by atoms with Gasteiger partial charge in [-0.15, -0.1) is 11.3 Å². The highest BCUT2D eigenvalue weighted by Gasteiger charge is 2.37. The Hall–Kier alpha value is -1.94. The summed E-state index contributed by atoms with van der Waals surface area (Å²) in [7, 11) is -0.755. The number of piperidine rings is 1. The van der Waals surface area contributed by atoms with Crippen LogP contribution in [0.1, 0.15) is 45.6 Å². The van der Waals surface area contributed by atoms with Gasteiger partial charge < -0.3 is 9.47 Å². The molecule has 0 radical (unpaired) electrons. The summed E-state index contributed by atoms with van der Waals surface area (Å²) in [5.41, 5.74) is 2.21. The highest BCUT2D eigenvalue weighted by Crippen LogP contribution is 2.39. The van der Waals surface area contributed by atoms with Gasteiger partial charge in [-0.2, -0.15) is 4.31 Å². The fraction of sp³-hybridized carbons (Fsp3) is 0.500. The van der Waals surface area contributed by atoms with Gasteiger partial charge in [-0.25, -0.2) is 13.2 Å². The van der Waals surface area contributed by atoms with Crippen LogP contribution in [0.25, 0.3) is 0 Å². The SMILES string of the molecule is COC(=O)c1c(S(=O)(=O)N2CCCCC2)sc2c1CCN(Cc1cccc(OC)c1)C2. The maximum Gasteiger partial charge on any atom is 0.340 e. The van der Waals surface area contributed by atoms with Crippen molar-refractivity contribution in [1.82, 2.24) is 9.21 Å². The van der Waals surface area contributed by atoms with Crippen LogP contribution in [0.15, 0.2) is 28.5 Å². The Morgan fingerprint density at radius 2 is 1.90 bits per heavy atom. The molecule has 1 aromatic heterocycles. The van der Waals surface area contributed by atoms with Crippen LogP contribution < -0.4 is 4.74 Å². The second kappa shape index (κ2) is 9.28. The Balaban J connectivity index is 1.64. The lowest BCUT2D eigenvalue weighted by atomic mass is 10.0. The molecule has 0 unspecified atom stereocenters. The zero-order valence-corrected chi connectivity index (χ0v) is 19.6. The van der Waals surface area contributed by atoms with Gasteiger partial charge in [-0.1, -0.05) is 18.6 Å². The van der Waals surface area contributed by atoms with Crippen molar-refractivity contribution in [1.29, 1.82) is 0 Å². The maximum atomic E-state index is 13.4. The second-order valence-electron chi connectivity index (χ2n) is 7.93. The Morgan fingerprint density at radius 3 is 2.61 bits per heavy atom. The lowest BCUT2D eigenvalue weighted by molar-refractivity contribution is 0.0595. The van der Waals surface area contributed by atoms with Crippen molar-refractivity contribution in [3.8, 4) is 5.75 Å². The predicted molar refractivity (Wildman–Crippen MR) is 119 cm³/mol. The lowest BCUT2D eigenvalue weighted by Gasteiger charge is -2.27. The predicted octanol–water partition coefficient (Wildman–Crippen LogP) is 3.28. The van der Waals surface area contributed by atoms with Gasteiger partial charge >= 0.3 is 5.97 Å². The van der Waals surface area contributed by atoms with Gasteiger partial charge in [0.25, 0.3) is 10.0 Å². The first-order valence-corrected chi connectivity index (χ1v) is 12.8. The molecular weight excluding hydrogens is 436 g/mol. The molecule has 9 heteroatoms. The van der Waals surface area contributed by atoms with E-state index in [0.717, 1.165) is 54.1 Å². The number of rotatable bonds is 6. The van der Waals surface area contributed by atoms with Crippen molar-refractivity contribution in [2.75, 3.05) is 33.9 Å². The van der Waals surface area contributed by atoms with E-state index in [4.69, 9.17) is 9.47 Å². The quantitative estimate of drug-likeness (QED) is 0.611. The molecule has 0 aliphatic carbocycles. The summed E-state index contributed by atoms with van der Waals surface area (Å²) in [6.07, 6.45) is 3.37. The standard InChI is InChI=1S/C22H28N2O5S2/c1-28-17-8-6-7-16(13-17)14-23-12-9-18-19(15-23)30-22(20(18)21(25)29-2)31(26,27)24-10-4-3-5-11-24/h6-8,13H,3-5,9-12,14-15H2,1-2H3. The highest BCUT2D eigenvalue weighted by molar-refractivity contribution is 7.91. The Morgan fingerprint density at radius 1 is 1.13 bits per heavy atom. The van der Waals surface area contributed by atoms with Gasteiger partial charge in [0.15, 0.2) is 0 Å². The van der Waals surface area contributed by atoms with E-state index in [1.54, 1.807) is 7.11 Å². The molecule has 2 aliphatic rings. The maximum absolute atomic E-state index is 13.4. The Bertz CT molecular complexity index is 1060. The molecule has 0 saturated carbocycles. The molecule has 0 amide bonds. The number of hydrogen-bond donors (Lipinski definition) is 0. The molecule has 168 valence electrons. The summed E-state index contributed by atoms with van der Waals surface area (Å²) in [5, 5.41) is 0. The fourth-order valence-electron chi connectivity index (χ4n) is 4.31. The van der Waals surface area contributed by atoms with Crippen molar-refractivity contribution in [3.05, 3.63) is 45.8 Å². The summed E-state index contributed by atoms with van der Waals surface area (Å²) in [6.45, 7) is 3.10. The molecule has 7 nitrogen and oxygen atoms in total. The Kier molecular flexibility index (Phi) is 6.66. The average molecular weight is 465 g/mol. The number of hydrogen-bond acceptors (Lipinski definition) is 7. The summed E-state index contributed by atoms with van der Waals surface area (Å²) in [6, 6.07) is 7.94. The van der Waals surface area contributed by atoms with E-state index in [1.807, 2.05) is 18.2 Å². The minimum absolute atomic E-state index is 0.148. The van der Waals surface area contributed by atoms with Crippen molar-refractivity contribution in [3.63, 3.8) is 0 Å². The second-order valence-corrected chi connectivity index (χ2v) is 11.2. The van der Waals surface area contributed by atoms with E-state index in [0.29, 0.717) is 26.1 Å². The van der Waals surface area contributed by atoms with Gasteiger partial charge in [0.2, 0.25) is 0 Å². The van der Waals surface area contributed by atoms with Crippen LogP contribution in [0, 0.1) is 0 Å². The van der Waals surface area contributed by atoms with Crippen LogP contribution in [0.2, 0.25) is 0 Å². The van der Waals surface area contributed by atoms with Crippen molar-refractivity contribution in [2.45, 2.75) is 43.0 Å². The normalized spacial score (nSPS) is 17.9. The zero-order chi connectivity index (χ0) is 22.0. The Labute approximate surface area is 187 Å². The van der Waals surface area contributed by atoms with Crippen molar-refractivity contribution >= 4 is 27.3 Å².